The van der Waals surface area contributed by atoms with Gasteiger partial charge in [-0.15, -0.1) is 16.1 Å². The van der Waals surface area contributed by atoms with E-state index in [0.717, 1.165) is 48.0 Å². The summed E-state index contributed by atoms with van der Waals surface area (Å²) in [5.74, 6) is 2.01. The highest BCUT2D eigenvalue weighted by molar-refractivity contribution is 8.00. The predicted molar refractivity (Wildman–Crippen MR) is 168 cm³/mol. The molecule has 0 aromatic heterocycles. The molecule has 1 aliphatic carbocycles. The molecule has 0 saturated heterocycles. The number of amides is 1. The molecular formula is C31H40ClN3O4S2. The maximum atomic E-state index is 13.2. The van der Waals surface area contributed by atoms with Crippen molar-refractivity contribution in [2.24, 2.45) is 21.3 Å². The zero-order valence-corrected chi connectivity index (χ0v) is 26.2. The van der Waals surface area contributed by atoms with Gasteiger partial charge < -0.3 is 14.4 Å². The second-order valence-electron chi connectivity index (χ2n) is 11.4. The Hall–Kier alpha value is -2.04. The maximum absolute atomic E-state index is 13.2. The Bertz CT molecular complexity index is 1410. The number of nitrogens with two attached hydrogens (primary N) is 1. The number of ether oxygens (including phenoxy) is 2. The lowest BCUT2D eigenvalue weighted by molar-refractivity contribution is -0.113. The minimum atomic E-state index is -3.18. The van der Waals surface area contributed by atoms with Gasteiger partial charge in [0, 0.05) is 36.5 Å². The van der Waals surface area contributed by atoms with Crippen LogP contribution in [0.3, 0.4) is 0 Å². The number of rotatable bonds is 2. The fourth-order valence-corrected chi connectivity index (χ4v) is 9.09. The number of halogens is 1. The van der Waals surface area contributed by atoms with Crippen LogP contribution in [0.4, 0.5) is 0 Å². The van der Waals surface area contributed by atoms with Gasteiger partial charge in [-0.05, 0) is 86.0 Å². The van der Waals surface area contributed by atoms with Crippen molar-refractivity contribution in [3.63, 3.8) is 0 Å². The zero-order valence-electron chi connectivity index (χ0n) is 23.9. The molecule has 1 aromatic rings. The first-order valence-corrected chi connectivity index (χ1v) is 17.4. The number of hydrogen-bond donors (Lipinski definition) is 1. The number of allylic oxidation sites excluding steroid dienone is 3. The van der Waals surface area contributed by atoms with Crippen LogP contribution in [0.5, 0.6) is 0 Å². The van der Waals surface area contributed by atoms with Gasteiger partial charge in [-0.3, -0.25) is 4.79 Å². The molecule has 5 atom stereocenters. The highest BCUT2D eigenvalue weighted by atomic mass is 35.5. The number of aryl methyl sites for hydroxylation is 1. The highest BCUT2D eigenvalue weighted by Crippen LogP contribution is 2.48. The van der Waals surface area contributed by atoms with E-state index < -0.39 is 15.8 Å². The Morgan fingerprint density at radius 2 is 2.20 bits per heavy atom. The Morgan fingerprint density at radius 1 is 1.37 bits per heavy atom. The lowest BCUT2D eigenvalue weighted by atomic mass is 9.70. The van der Waals surface area contributed by atoms with Crippen molar-refractivity contribution in [2.75, 3.05) is 38.3 Å². The van der Waals surface area contributed by atoms with Crippen LogP contribution < -0.4 is 5.14 Å². The number of carbonyl (C=O) groups excluding carboxylic acids is 1. The first-order chi connectivity index (χ1) is 19.6. The third-order valence-corrected chi connectivity index (χ3v) is 11.7. The number of fused-ring (bicyclic) bond motifs is 4. The molecular weight excluding hydrogens is 578 g/mol. The summed E-state index contributed by atoms with van der Waals surface area (Å²) in [6.45, 7) is 7.81. The molecule has 2 N–H and O–H groups in total. The molecule has 41 heavy (non-hydrogen) atoms. The first-order valence-electron chi connectivity index (χ1n) is 14.3. The third kappa shape index (κ3) is 6.64. The maximum Gasteiger partial charge on any atom is 0.286 e. The summed E-state index contributed by atoms with van der Waals surface area (Å²) >= 11 is 8.32. The molecule has 3 aliphatic heterocycles. The molecule has 7 nitrogen and oxygen atoms in total. The fourth-order valence-electron chi connectivity index (χ4n) is 6.38. The molecule has 1 amide bonds. The predicted octanol–water partition coefficient (Wildman–Crippen LogP) is 5.76. The average molecular weight is 618 g/mol. The van der Waals surface area contributed by atoms with Crippen molar-refractivity contribution in [3.05, 3.63) is 82.3 Å². The molecule has 1 saturated carbocycles. The van der Waals surface area contributed by atoms with Crippen LogP contribution in [0.15, 0.2) is 70.5 Å². The summed E-state index contributed by atoms with van der Waals surface area (Å²) < 4.78 is 29.1. The van der Waals surface area contributed by atoms with Gasteiger partial charge in [0.2, 0.25) is 0 Å². The summed E-state index contributed by atoms with van der Waals surface area (Å²) in [6.07, 6.45) is 11.9. The number of benzene rings is 1. The zero-order chi connectivity index (χ0) is 29.2. The van der Waals surface area contributed by atoms with E-state index in [4.69, 9.17) is 26.2 Å². The second-order valence-corrected chi connectivity index (χ2v) is 15.3. The summed E-state index contributed by atoms with van der Waals surface area (Å²) in [7, 11) is -1.41. The lowest BCUT2D eigenvalue weighted by Gasteiger charge is -2.46. The van der Waals surface area contributed by atoms with Crippen molar-refractivity contribution in [1.82, 2.24) is 4.90 Å². The lowest BCUT2D eigenvalue weighted by Crippen LogP contribution is -2.47. The molecule has 0 radical (unpaired) electrons. The minimum absolute atomic E-state index is 0.00655. The minimum Gasteiger partial charge on any atom is -0.494 e. The first kappa shape index (κ1) is 30.4. The van der Waals surface area contributed by atoms with Crippen LogP contribution in [-0.2, 0) is 35.4 Å². The average Bonchev–Trinajstić information content (AvgIpc) is 3.04. The van der Waals surface area contributed by atoms with Gasteiger partial charge in [0.25, 0.3) is 5.91 Å². The van der Waals surface area contributed by atoms with E-state index in [-0.39, 0.29) is 22.2 Å². The van der Waals surface area contributed by atoms with Crippen molar-refractivity contribution >= 4 is 39.2 Å². The molecule has 1 spiro atoms. The monoisotopic (exact) mass is 617 g/mol. The van der Waals surface area contributed by atoms with E-state index >= 15 is 0 Å². The summed E-state index contributed by atoms with van der Waals surface area (Å²) in [4.78, 5) is 15.6. The molecule has 222 valence electrons. The highest BCUT2D eigenvalue weighted by Gasteiger charge is 2.45. The van der Waals surface area contributed by atoms with Crippen molar-refractivity contribution in [1.29, 1.82) is 0 Å². The van der Waals surface area contributed by atoms with E-state index in [1.165, 1.54) is 17.2 Å². The molecule has 4 aliphatic rings. The number of carbonyl (C=O) groups is 1. The Balaban J connectivity index is 1.60. The van der Waals surface area contributed by atoms with Crippen LogP contribution in [-0.4, -0.2) is 59.4 Å². The topological polar surface area (TPSA) is 94.2 Å². The summed E-state index contributed by atoms with van der Waals surface area (Å²) in [5.41, 5.74) is 3.57. The Morgan fingerprint density at radius 3 is 2.93 bits per heavy atom. The number of nitrogens with zero attached hydrogens (tertiary/aromatic N) is 2. The van der Waals surface area contributed by atoms with Gasteiger partial charge in [-0.25, -0.2) is 9.35 Å². The van der Waals surface area contributed by atoms with Gasteiger partial charge in [0.05, 0.1) is 16.5 Å². The smallest absolute Gasteiger partial charge is 0.286 e. The van der Waals surface area contributed by atoms with E-state index in [2.05, 4.69) is 40.1 Å². The molecule has 5 rings (SSSR count). The van der Waals surface area contributed by atoms with E-state index in [9.17, 15) is 9.00 Å². The number of thioether (sulfide) groups is 1. The summed E-state index contributed by atoms with van der Waals surface area (Å²) in [5, 5.41) is 6.74. The van der Waals surface area contributed by atoms with Crippen LogP contribution in [0.1, 0.15) is 43.7 Å². The van der Waals surface area contributed by atoms with Crippen LogP contribution in [0.2, 0.25) is 5.02 Å². The van der Waals surface area contributed by atoms with Gasteiger partial charge in [0.15, 0.2) is 0 Å². The third-order valence-electron chi connectivity index (χ3n) is 8.73. The Labute approximate surface area is 253 Å². The molecule has 3 heterocycles. The SMILES string of the molecule is C=C/C1=C\C2=C(C)OC[C@@]3(CN2C[C@@H]2CC[C@H]2[C@@H](OC)/C=C/CCCS(N)(=O)=NC1=O)SCCc1cc(Cl)ccc13. The van der Waals surface area contributed by atoms with Crippen LogP contribution in [0.25, 0.3) is 0 Å². The van der Waals surface area contributed by atoms with Crippen LogP contribution in [0, 0.1) is 11.8 Å². The largest absolute Gasteiger partial charge is 0.494 e. The molecule has 10 heteroatoms. The number of hydrogen-bond acceptors (Lipinski definition) is 6. The molecule has 1 fully saturated rings. The molecule has 0 bridgehead atoms. The molecule has 1 unspecified atom stereocenters. The summed E-state index contributed by atoms with van der Waals surface area (Å²) in [6, 6.07) is 6.19. The van der Waals surface area contributed by atoms with E-state index in [1.807, 2.05) is 24.8 Å². The Kier molecular flexibility index (Phi) is 9.40. The molecule has 1 aromatic carbocycles. The quantitative estimate of drug-likeness (QED) is 0.424. The van der Waals surface area contributed by atoms with Crippen LogP contribution >= 0.6 is 23.4 Å². The van der Waals surface area contributed by atoms with E-state index in [1.54, 1.807) is 13.2 Å². The van der Waals surface area contributed by atoms with E-state index in [0.29, 0.717) is 37.8 Å². The second kappa shape index (κ2) is 12.7. The van der Waals surface area contributed by atoms with Gasteiger partial charge in [0.1, 0.15) is 22.3 Å². The van der Waals surface area contributed by atoms with Crippen molar-refractivity contribution in [3.8, 4) is 0 Å². The number of methoxy groups -OCH3 is 1. The van der Waals surface area contributed by atoms with Crippen molar-refractivity contribution in [2.45, 2.75) is 49.9 Å². The fraction of sp³-hybridized carbons (Fsp3) is 0.516. The van der Waals surface area contributed by atoms with Gasteiger partial charge >= 0.3 is 0 Å². The van der Waals surface area contributed by atoms with Gasteiger partial charge in [-0.2, -0.15) is 0 Å². The van der Waals surface area contributed by atoms with Crippen molar-refractivity contribution < 1.29 is 18.5 Å². The normalized spacial score (nSPS) is 34.9. The van der Waals surface area contributed by atoms with Gasteiger partial charge in [-0.1, -0.05) is 42.5 Å². The standard InChI is InChI=1S/C31H40ClN3O4S2/c1-4-22-17-28-21(2)39-20-31(27-12-10-25(32)16-23(27)13-14-40-31)19-35(28)18-24-9-11-26(24)29(38-3)8-6-5-7-15-41(33,37)34-30(22)36/h4,6,8,10,12,16-17,24,26,29H,1,5,7,9,11,13-15,18-20H2,2-3H3,(H2,33,34,36,37)/b8-6+,22-17+/t24-,26+,29-,31+,41?/m0/s1.